The second kappa shape index (κ2) is 5.46. The highest BCUT2D eigenvalue weighted by atomic mass is 79.9. The lowest BCUT2D eigenvalue weighted by Gasteiger charge is -2.10. The van der Waals surface area contributed by atoms with Gasteiger partial charge < -0.3 is 20.4 Å². The first-order valence-corrected chi connectivity index (χ1v) is 7.33. The Labute approximate surface area is 133 Å². The highest BCUT2D eigenvalue weighted by Crippen LogP contribution is 2.30. The van der Waals surface area contributed by atoms with E-state index in [1.807, 2.05) is 12.1 Å². The lowest BCUT2D eigenvalue weighted by Crippen LogP contribution is -2.00. The molecule has 0 radical (unpaired) electrons. The van der Waals surface area contributed by atoms with E-state index in [1.165, 1.54) is 0 Å². The molecule has 0 aliphatic rings. The number of fused-ring (bicyclic) bond motifs is 1. The van der Waals surface area contributed by atoms with E-state index in [1.54, 1.807) is 18.2 Å². The molecule has 108 valence electrons. The molecule has 0 bridgehead atoms. The number of aromatic nitrogens is 2. The molecule has 0 amide bonds. The standard InChI is InChI=1S/C14H11BrClN3O2/c15-8-4-11-12(19-14(21)18-11)5-10(8)17-6-7-2-1-3-9(16)13(7)20/h1-5,17,20H,6H2,(H2,18,19,21). The third-order valence-electron chi connectivity index (χ3n) is 3.14. The minimum atomic E-state index is -0.249. The van der Waals surface area contributed by atoms with Gasteiger partial charge in [-0.05, 0) is 34.1 Å². The number of benzene rings is 2. The summed E-state index contributed by atoms with van der Waals surface area (Å²) in [5.74, 6) is 0.0684. The Kier molecular flexibility index (Phi) is 3.65. The summed E-state index contributed by atoms with van der Waals surface area (Å²) in [6.07, 6.45) is 0. The van der Waals surface area contributed by atoms with Crippen molar-refractivity contribution in [3.8, 4) is 5.75 Å². The van der Waals surface area contributed by atoms with Gasteiger partial charge in [-0.3, -0.25) is 0 Å². The second-order valence-electron chi connectivity index (χ2n) is 4.56. The van der Waals surface area contributed by atoms with Crippen LogP contribution >= 0.6 is 27.5 Å². The van der Waals surface area contributed by atoms with Crippen molar-refractivity contribution in [2.75, 3.05) is 5.32 Å². The summed E-state index contributed by atoms with van der Waals surface area (Å²) in [4.78, 5) is 16.7. The normalized spacial score (nSPS) is 11.0. The van der Waals surface area contributed by atoms with Crippen molar-refractivity contribution in [3.05, 3.63) is 55.9 Å². The van der Waals surface area contributed by atoms with E-state index in [4.69, 9.17) is 11.6 Å². The molecule has 2 aromatic carbocycles. The van der Waals surface area contributed by atoms with Gasteiger partial charge >= 0.3 is 5.69 Å². The third kappa shape index (κ3) is 2.77. The van der Waals surface area contributed by atoms with Gasteiger partial charge in [0.1, 0.15) is 5.75 Å². The van der Waals surface area contributed by atoms with E-state index < -0.39 is 0 Å². The maximum atomic E-state index is 11.3. The first-order chi connectivity index (χ1) is 10.0. The van der Waals surface area contributed by atoms with Gasteiger partial charge in [-0.1, -0.05) is 23.7 Å². The Morgan fingerprint density at radius 1 is 1.24 bits per heavy atom. The summed E-state index contributed by atoms with van der Waals surface area (Å²) in [6.45, 7) is 0.408. The maximum absolute atomic E-state index is 11.3. The quantitative estimate of drug-likeness (QED) is 0.570. The molecule has 3 rings (SSSR count). The number of imidazole rings is 1. The van der Waals surface area contributed by atoms with E-state index in [9.17, 15) is 9.90 Å². The summed E-state index contributed by atoms with van der Waals surface area (Å²) >= 11 is 9.32. The van der Waals surface area contributed by atoms with Crippen LogP contribution in [0.25, 0.3) is 11.0 Å². The van der Waals surface area contributed by atoms with Gasteiger partial charge in [0.2, 0.25) is 0 Å². The molecule has 0 spiro atoms. The number of H-pyrrole nitrogens is 2. The average Bonchev–Trinajstić information content (AvgIpc) is 2.79. The van der Waals surface area contributed by atoms with Crippen molar-refractivity contribution < 1.29 is 5.11 Å². The van der Waals surface area contributed by atoms with Crippen molar-refractivity contribution in [1.82, 2.24) is 9.97 Å². The van der Waals surface area contributed by atoms with Crippen molar-refractivity contribution in [1.29, 1.82) is 0 Å². The van der Waals surface area contributed by atoms with Crippen LogP contribution in [-0.2, 0) is 6.54 Å². The van der Waals surface area contributed by atoms with Crippen LogP contribution in [0.2, 0.25) is 5.02 Å². The third-order valence-corrected chi connectivity index (χ3v) is 4.10. The Hall–Kier alpha value is -1.92. The number of hydrogen-bond donors (Lipinski definition) is 4. The second-order valence-corrected chi connectivity index (χ2v) is 5.82. The molecular weight excluding hydrogens is 358 g/mol. The van der Waals surface area contributed by atoms with Gasteiger partial charge in [0.05, 0.1) is 21.7 Å². The molecule has 1 aromatic heterocycles. The number of para-hydroxylation sites is 1. The molecule has 0 saturated heterocycles. The van der Waals surface area contributed by atoms with Crippen LogP contribution in [0.1, 0.15) is 5.56 Å². The summed E-state index contributed by atoms with van der Waals surface area (Å²) in [6, 6.07) is 8.83. The van der Waals surface area contributed by atoms with Crippen molar-refractivity contribution in [2.45, 2.75) is 6.54 Å². The molecule has 3 aromatic rings. The van der Waals surface area contributed by atoms with Crippen LogP contribution in [-0.4, -0.2) is 15.1 Å². The molecule has 0 aliphatic heterocycles. The number of halogens is 2. The number of hydrogen-bond acceptors (Lipinski definition) is 3. The Morgan fingerprint density at radius 2 is 1.95 bits per heavy atom. The van der Waals surface area contributed by atoms with E-state index in [0.29, 0.717) is 22.6 Å². The number of nitrogens with one attached hydrogen (secondary N) is 3. The summed E-state index contributed by atoms with van der Waals surface area (Å²) < 4.78 is 0.812. The van der Waals surface area contributed by atoms with E-state index >= 15 is 0 Å². The molecule has 0 unspecified atom stereocenters. The zero-order valence-corrected chi connectivity index (χ0v) is 13.0. The SMILES string of the molecule is O=c1[nH]c2cc(Br)c(NCc3cccc(Cl)c3O)cc2[nH]1. The molecule has 7 heteroatoms. The topological polar surface area (TPSA) is 80.9 Å². The van der Waals surface area contributed by atoms with Crippen molar-refractivity contribution >= 4 is 44.3 Å². The fraction of sp³-hybridized carbons (Fsp3) is 0.0714. The molecular formula is C14H11BrClN3O2. The zero-order valence-electron chi connectivity index (χ0n) is 10.7. The van der Waals surface area contributed by atoms with E-state index in [0.717, 1.165) is 15.7 Å². The fourth-order valence-electron chi connectivity index (χ4n) is 2.08. The molecule has 0 saturated carbocycles. The highest BCUT2D eigenvalue weighted by Gasteiger charge is 2.08. The van der Waals surface area contributed by atoms with Crippen LogP contribution in [0.15, 0.2) is 39.6 Å². The van der Waals surface area contributed by atoms with Crippen LogP contribution < -0.4 is 11.0 Å². The number of aromatic amines is 2. The van der Waals surface area contributed by atoms with Crippen molar-refractivity contribution in [2.24, 2.45) is 0 Å². The van der Waals surface area contributed by atoms with E-state index in [-0.39, 0.29) is 11.4 Å². The largest absolute Gasteiger partial charge is 0.506 e. The number of phenolic OH excluding ortho intramolecular Hbond substituents is 1. The molecule has 1 heterocycles. The number of rotatable bonds is 3. The Balaban J connectivity index is 1.89. The minimum Gasteiger partial charge on any atom is -0.506 e. The molecule has 4 N–H and O–H groups in total. The number of aromatic hydroxyl groups is 1. The lowest BCUT2D eigenvalue weighted by molar-refractivity contribution is 0.469. The maximum Gasteiger partial charge on any atom is 0.323 e. The smallest absolute Gasteiger partial charge is 0.323 e. The molecule has 5 nitrogen and oxygen atoms in total. The van der Waals surface area contributed by atoms with Gasteiger partial charge in [-0.25, -0.2) is 4.79 Å². The molecule has 0 aliphatic carbocycles. The first-order valence-electron chi connectivity index (χ1n) is 6.16. The minimum absolute atomic E-state index is 0.0684. The number of anilines is 1. The van der Waals surface area contributed by atoms with Crippen LogP contribution in [0.5, 0.6) is 5.75 Å². The average molecular weight is 369 g/mol. The first kappa shape index (κ1) is 14.0. The summed E-state index contributed by atoms with van der Waals surface area (Å²) in [7, 11) is 0. The molecule has 21 heavy (non-hydrogen) atoms. The van der Waals surface area contributed by atoms with Gasteiger partial charge in [-0.15, -0.1) is 0 Å². The van der Waals surface area contributed by atoms with Crippen LogP contribution in [0, 0.1) is 0 Å². The van der Waals surface area contributed by atoms with Gasteiger partial charge in [-0.2, -0.15) is 0 Å². The van der Waals surface area contributed by atoms with Gasteiger partial charge in [0, 0.05) is 16.6 Å². The van der Waals surface area contributed by atoms with Crippen LogP contribution in [0.3, 0.4) is 0 Å². The van der Waals surface area contributed by atoms with Gasteiger partial charge in [0.25, 0.3) is 0 Å². The zero-order chi connectivity index (χ0) is 15.0. The molecule has 0 atom stereocenters. The summed E-state index contributed by atoms with van der Waals surface area (Å²) in [5, 5.41) is 13.4. The molecule has 0 fully saturated rings. The lowest BCUT2D eigenvalue weighted by atomic mass is 10.2. The van der Waals surface area contributed by atoms with Crippen LogP contribution in [0.4, 0.5) is 5.69 Å². The summed E-state index contributed by atoms with van der Waals surface area (Å²) in [5.41, 5.74) is 2.68. The number of phenols is 1. The fourth-order valence-corrected chi connectivity index (χ4v) is 2.76. The highest BCUT2D eigenvalue weighted by molar-refractivity contribution is 9.10. The monoisotopic (exact) mass is 367 g/mol. The Morgan fingerprint density at radius 3 is 2.71 bits per heavy atom. The van der Waals surface area contributed by atoms with Gasteiger partial charge in [0.15, 0.2) is 0 Å². The van der Waals surface area contributed by atoms with Crippen molar-refractivity contribution in [3.63, 3.8) is 0 Å². The van der Waals surface area contributed by atoms with E-state index in [2.05, 4.69) is 31.2 Å². The predicted octanol–water partition coefficient (Wildman–Crippen LogP) is 3.59. The Bertz CT molecular complexity index is 872. The predicted molar refractivity (Wildman–Crippen MR) is 87.1 cm³/mol.